The van der Waals surface area contributed by atoms with Gasteiger partial charge in [-0.3, -0.25) is 9.69 Å². The first-order valence-corrected chi connectivity index (χ1v) is 14.2. The van der Waals surface area contributed by atoms with E-state index in [9.17, 15) is 9.90 Å². The minimum absolute atomic E-state index is 0.0113. The first-order valence-electron chi connectivity index (χ1n) is 14.2. The van der Waals surface area contributed by atoms with Crippen molar-refractivity contribution in [3.8, 4) is 11.6 Å². The molecule has 9 nitrogen and oxygen atoms in total. The van der Waals surface area contributed by atoms with Gasteiger partial charge in [-0.1, -0.05) is 36.4 Å². The Kier molecular flexibility index (Phi) is 8.00. The molecule has 4 aromatic rings. The van der Waals surface area contributed by atoms with Gasteiger partial charge in [-0.2, -0.15) is 0 Å². The highest BCUT2D eigenvalue weighted by Crippen LogP contribution is 2.36. The number of pyridine rings is 1. The van der Waals surface area contributed by atoms with Crippen molar-refractivity contribution in [1.82, 2.24) is 24.9 Å². The molecule has 1 N–H and O–H groups in total. The van der Waals surface area contributed by atoms with Crippen molar-refractivity contribution in [3.63, 3.8) is 0 Å². The lowest BCUT2D eigenvalue weighted by molar-refractivity contribution is -0.143. The van der Waals surface area contributed by atoms with Crippen LogP contribution in [0, 0.1) is 13.8 Å². The van der Waals surface area contributed by atoms with Gasteiger partial charge in [-0.25, -0.2) is 9.67 Å². The maximum absolute atomic E-state index is 12.8. The number of hydrogen-bond acceptors (Lipinski definition) is 8. The van der Waals surface area contributed by atoms with E-state index in [4.69, 9.17) is 9.47 Å². The number of hydrogen-bond donors (Lipinski definition) is 1. The van der Waals surface area contributed by atoms with Crippen LogP contribution in [0.3, 0.4) is 0 Å². The second-order valence-corrected chi connectivity index (χ2v) is 11.3. The van der Waals surface area contributed by atoms with Crippen molar-refractivity contribution in [2.24, 2.45) is 7.05 Å². The van der Waals surface area contributed by atoms with Crippen LogP contribution in [0.4, 0.5) is 0 Å². The number of aromatic nitrogens is 4. The van der Waals surface area contributed by atoms with E-state index in [1.165, 1.54) is 0 Å². The van der Waals surface area contributed by atoms with Crippen LogP contribution in [0.5, 0.6) is 11.6 Å². The topological polar surface area (TPSA) is 103 Å². The lowest BCUT2D eigenvalue weighted by atomic mass is 9.84. The van der Waals surface area contributed by atoms with Gasteiger partial charge in [0.2, 0.25) is 5.88 Å². The van der Waals surface area contributed by atoms with Gasteiger partial charge in [0.05, 0.1) is 18.5 Å². The summed E-state index contributed by atoms with van der Waals surface area (Å²) in [5.74, 6) is 0.268. The van der Waals surface area contributed by atoms with Gasteiger partial charge in [0.1, 0.15) is 22.6 Å². The molecule has 0 fully saturated rings. The molecule has 0 unspecified atom stereocenters. The number of nitrogens with zero attached hydrogens (tertiary/aromatic N) is 5. The zero-order valence-electron chi connectivity index (χ0n) is 24.8. The molecule has 2 aromatic heterocycles. The van der Waals surface area contributed by atoms with Crippen molar-refractivity contribution in [1.29, 1.82) is 0 Å². The third kappa shape index (κ3) is 5.91. The number of fused-ring (bicyclic) bond motifs is 2. The monoisotopic (exact) mass is 557 g/mol. The molecule has 5 rings (SSSR count). The minimum Gasteiger partial charge on any atom is -0.493 e. The maximum Gasteiger partial charge on any atom is 0.306 e. The maximum atomic E-state index is 12.8. The predicted molar refractivity (Wildman–Crippen MR) is 157 cm³/mol. The zero-order valence-corrected chi connectivity index (χ0v) is 24.8. The molecule has 3 heterocycles. The number of aryl methyl sites for hydroxylation is 3. The quantitative estimate of drug-likeness (QED) is 0.290. The lowest BCUT2D eigenvalue weighted by Crippen LogP contribution is -2.42. The third-order valence-electron chi connectivity index (χ3n) is 8.25. The van der Waals surface area contributed by atoms with Crippen LogP contribution in [0.1, 0.15) is 73.0 Å². The molecule has 0 bridgehead atoms. The van der Waals surface area contributed by atoms with Crippen LogP contribution in [0.2, 0.25) is 0 Å². The molecule has 0 aliphatic carbocycles. The van der Waals surface area contributed by atoms with Crippen molar-refractivity contribution >= 4 is 17.0 Å². The SMILES string of the molecule is CCOC(=O)C[C@H](c1ccc(C)c(CN2Cc3nc(O)ccc3O[C@](C)(CC)C2)c1)c1ccc2c(nnn2C)c1C. The number of carbonyl (C=O) groups excluding carboxylic acids is 1. The normalized spacial score (nSPS) is 18.0. The van der Waals surface area contributed by atoms with Crippen LogP contribution in [0.15, 0.2) is 42.5 Å². The molecule has 1 aliphatic heterocycles. The summed E-state index contributed by atoms with van der Waals surface area (Å²) >= 11 is 0. The van der Waals surface area contributed by atoms with Crippen LogP contribution in [-0.2, 0) is 29.7 Å². The summed E-state index contributed by atoms with van der Waals surface area (Å²) in [7, 11) is 1.88. The smallest absolute Gasteiger partial charge is 0.306 e. The fraction of sp³-hybridized carbons (Fsp3) is 0.438. The van der Waals surface area contributed by atoms with Crippen molar-refractivity contribution in [2.75, 3.05) is 13.2 Å². The number of aromatic hydroxyl groups is 1. The van der Waals surface area contributed by atoms with E-state index in [0.717, 1.165) is 51.0 Å². The van der Waals surface area contributed by atoms with Crippen LogP contribution >= 0.6 is 0 Å². The van der Waals surface area contributed by atoms with E-state index in [2.05, 4.69) is 65.2 Å². The number of ether oxygens (including phenoxy) is 2. The van der Waals surface area contributed by atoms with Crippen LogP contribution in [-0.4, -0.2) is 54.7 Å². The molecular weight excluding hydrogens is 518 g/mol. The van der Waals surface area contributed by atoms with Gasteiger partial charge in [0, 0.05) is 38.7 Å². The largest absolute Gasteiger partial charge is 0.493 e. The molecule has 41 heavy (non-hydrogen) atoms. The van der Waals surface area contributed by atoms with Crippen molar-refractivity contribution in [2.45, 2.75) is 72.1 Å². The Morgan fingerprint density at radius 3 is 2.73 bits per heavy atom. The Labute approximate surface area is 241 Å². The van der Waals surface area contributed by atoms with E-state index in [1.54, 1.807) is 16.8 Å². The van der Waals surface area contributed by atoms with Crippen molar-refractivity contribution < 1.29 is 19.4 Å². The zero-order chi connectivity index (χ0) is 29.3. The molecular formula is C32H39N5O4. The van der Waals surface area contributed by atoms with E-state index in [1.807, 2.05) is 27.0 Å². The molecule has 0 radical (unpaired) electrons. The highest BCUT2D eigenvalue weighted by Gasteiger charge is 2.33. The van der Waals surface area contributed by atoms with Gasteiger partial charge >= 0.3 is 5.97 Å². The standard InChI is InChI=1S/C32H39N5O4/c1-7-32(5)19-37(18-26-28(41-32)13-14-29(38)33-26)17-23-15-22(10-9-20(23)3)25(16-30(39)40-8-2)24-11-12-27-31(21(24)4)34-35-36(27)6/h9-15,25H,7-8,16-19H2,1-6H3,(H,33,38)/t25-,32-/m1/s1. The highest BCUT2D eigenvalue weighted by molar-refractivity contribution is 5.80. The summed E-state index contributed by atoms with van der Waals surface area (Å²) in [5, 5.41) is 18.6. The second kappa shape index (κ2) is 11.5. The summed E-state index contributed by atoms with van der Waals surface area (Å²) in [5.41, 5.74) is 7.54. The molecule has 2 aromatic carbocycles. The van der Waals surface area contributed by atoms with Crippen LogP contribution < -0.4 is 4.74 Å². The van der Waals surface area contributed by atoms with E-state index in [0.29, 0.717) is 32.0 Å². The fourth-order valence-corrected chi connectivity index (χ4v) is 5.76. The van der Waals surface area contributed by atoms with Gasteiger partial charge in [-0.15, -0.1) is 5.10 Å². The average Bonchev–Trinajstić information content (AvgIpc) is 3.25. The molecule has 0 spiro atoms. The highest BCUT2D eigenvalue weighted by atomic mass is 16.5. The number of carbonyl (C=O) groups is 1. The summed E-state index contributed by atoms with van der Waals surface area (Å²) in [4.78, 5) is 19.5. The Balaban J connectivity index is 1.52. The molecule has 216 valence electrons. The summed E-state index contributed by atoms with van der Waals surface area (Å²) in [6, 6.07) is 13.9. The number of esters is 1. The van der Waals surface area contributed by atoms with E-state index < -0.39 is 5.60 Å². The Morgan fingerprint density at radius 2 is 1.98 bits per heavy atom. The number of benzene rings is 2. The summed E-state index contributed by atoms with van der Waals surface area (Å²) in [6.45, 7) is 12.5. The van der Waals surface area contributed by atoms with Gasteiger partial charge in [-0.05, 0) is 74.1 Å². The summed E-state index contributed by atoms with van der Waals surface area (Å²) < 4.78 is 13.6. The van der Waals surface area contributed by atoms with Crippen LogP contribution in [0.25, 0.3) is 11.0 Å². The minimum atomic E-state index is -0.398. The predicted octanol–water partition coefficient (Wildman–Crippen LogP) is 5.33. The first-order chi connectivity index (χ1) is 19.6. The Bertz CT molecular complexity index is 1580. The Morgan fingerprint density at radius 1 is 1.17 bits per heavy atom. The molecule has 9 heteroatoms. The van der Waals surface area contributed by atoms with Crippen molar-refractivity contribution in [3.05, 3.63) is 76.0 Å². The van der Waals surface area contributed by atoms with Gasteiger partial charge in [0.15, 0.2) is 0 Å². The summed E-state index contributed by atoms with van der Waals surface area (Å²) in [6.07, 6.45) is 1.06. The average molecular weight is 558 g/mol. The van der Waals surface area contributed by atoms with Gasteiger partial charge < -0.3 is 14.6 Å². The number of rotatable bonds is 8. The first kappa shape index (κ1) is 28.5. The van der Waals surface area contributed by atoms with Gasteiger partial charge in [0.25, 0.3) is 0 Å². The second-order valence-electron chi connectivity index (χ2n) is 11.3. The lowest BCUT2D eigenvalue weighted by Gasteiger charge is -2.32. The molecule has 2 atom stereocenters. The third-order valence-corrected chi connectivity index (χ3v) is 8.25. The van der Waals surface area contributed by atoms with E-state index in [-0.39, 0.29) is 24.2 Å². The molecule has 0 saturated carbocycles. The van der Waals surface area contributed by atoms with E-state index >= 15 is 0 Å². The fourth-order valence-electron chi connectivity index (χ4n) is 5.76. The Hall–Kier alpha value is -3.98. The molecule has 1 aliphatic rings. The molecule has 0 saturated heterocycles. The molecule has 0 amide bonds.